The molecule has 0 bridgehead atoms. The molecule has 6 heteroatoms. The lowest BCUT2D eigenvalue weighted by molar-refractivity contribution is -0.384. The van der Waals surface area contributed by atoms with Crippen LogP contribution in [0.2, 0.25) is 0 Å². The van der Waals surface area contributed by atoms with Gasteiger partial charge in [-0.2, -0.15) is 5.26 Å². The van der Waals surface area contributed by atoms with Crippen molar-refractivity contribution in [2.45, 2.75) is 13.0 Å². The van der Waals surface area contributed by atoms with E-state index < -0.39 is 4.92 Å². The molecule has 0 fully saturated rings. The first-order valence-corrected chi connectivity index (χ1v) is 6.22. The molecule has 0 heterocycles. The van der Waals surface area contributed by atoms with Gasteiger partial charge in [0.05, 0.1) is 16.2 Å². The molecule has 1 unspecified atom stereocenters. The fraction of sp³-hybridized carbons (Fsp3) is 0.133. The number of nitriles is 1. The molecular formula is C15H12FN3O2. The van der Waals surface area contributed by atoms with Gasteiger partial charge in [0, 0.05) is 18.2 Å². The van der Waals surface area contributed by atoms with E-state index in [2.05, 4.69) is 5.32 Å². The molecule has 0 saturated heterocycles. The molecule has 0 aliphatic carbocycles. The molecule has 1 atom stereocenters. The molecule has 0 saturated carbocycles. The quantitative estimate of drug-likeness (QED) is 0.685. The Hall–Kier alpha value is -2.94. The molecule has 0 aliphatic rings. The molecule has 0 aromatic heterocycles. The Morgan fingerprint density at radius 2 is 2.10 bits per heavy atom. The van der Waals surface area contributed by atoms with Crippen molar-refractivity contribution in [3.05, 3.63) is 69.5 Å². The van der Waals surface area contributed by atoms with E-state index in [1.54, 1.807) is 12.1 Å². The number of halogens is 1. The Labute approximate surface area is 120 Å². The third-order valence-electron chi connectivity index (χ3n) is 3.06. The Balaban J connectivity index is 2.27. The number of anilines is 1. The van der Waals surface area contributed by atoms with E-state index in [0.717, 1.165) is 5.56 Å². The van der Waals surface area contributed by atoms with Gasteiger partial charge in [-0.1, -0.05) is 12.1 Å². The van der Waals surface area contributed by atoms with Crippen LogP contribution in [-0.2, 0) is 0 Å². The summed E-state index contributed by atoms with van der Waals surface area (Å²) in [6, 6.07) is 11.8. The first-order chi connectivity index (χ1) is 10.0. The van der Waals surface area contributed by atoms with Gasteiger partial charge in [-0.3, -0.25) is 10.1 Å². The summed E-state index contributed by atoms with van der Waals surface area (Å²) in [4.78, 5) is 10.1. The van der Waals surface area contributed by atoms with Crippen LogP contribution in [0.4, 0.5) is 15.8 Å². The number of nitro groups is 1. The highest BCUT2D eigenvalue weighted by Gasteiger charge is 2.13. The second-order valence-corrected chi connectivity index (χ2v) is 4.52. The van der Waals surface area contributed by atoms with Gasteiger partial charge < -0.3 is 5.32 Å². The normalized spacial score (nSPS) is 11.5. The summed E-state index contributed by atoms with van der Waals surface area (Å²) in [5, 5.41) is 22.8. The van der Waals surface area contributed by atoms with Crippen molar-refractivity contribution in [2.75, 3.05) is 5.32 Å². The van der Waals surface area contributed by atoms with Crippen molar-refractivity contribution in [3.63, 3.8) is 0 Å². The van der Waals surface area contributed by atoms with E-state index in [1.165, 1.54) is 30.3 Å². The smallest absolute Gasteiger partial charge is 0.270 e. The second-order valence-electron chi connectivity index (χ2n) is 4.52. The third kappa shape index (κ3) is 3.34. The van der Waals surface area contributed by atoms with Gasteiger partial charge in [0.25, 0.3) is 5.69 Å². The molecule has 2 rings (SSSR count). The molecule has 1 N–H and O–H groups in total. The fourth-order valence-electron chi connectivity index (χ4n) is 1.96. The maximum absolute atomic E-state index is 13.2. The highest BCUT2D eigenvalue weighted by Crippen LogP contribution is 2.25. The minimum absolute atomic E-state index is 0.143. The van der Waals surface area contributed by atoms with E-state index in [9.17, 15) is 14.5 Å². The van der Waals surface area contributed by atoms with Crippen molar-refractivity contribution in [1.29, 1.82) is 5.26 Å². The first-order valence-electron chi connectivity index (χ1n) is 6.22. The summed E-state index contributed by atoms with van der Waals surface area (Å²) in [7, 11) is 0. The van der Waals surface area contributed by atoms with E-state index in [4.69, 9.17) is 5.26 Å². The van der Waals surface area contributed by atoms with Gasteiger partial charge in [0.2, 0.25) is 0 Å². The van der Waals surface area contributed by atoms with Crippen LogP contribution in [0.15, 0.2) is 42.5 Å². The molecule has 5 nitrogen and oxygen atoms in total. The number of nitrogens with one attached hydrogen (secondary N) is 1. The molecule has 2 aromatic carbocycles. The Morgan fingerprint density at radius 1 is 1.33 bits per heavy atom. The molecule has 0 amide bonds. The average molecular weight is 285 g/mol. The number of hydrogen-bond acceptors (Lipinski definition) is 4. The van der Waals surface area contributed by atoms with Crippen molar-refractivity contribution in [1.82, 2.24) is 0 Å². The third-order valence-corrected chi connectivity index (χ3v) is 3.06. The molecule has 0 radical (unpaired) electrons. The van der Waals surface area contributed by atoms with Gasteiger partial charge in [-0.15, -0.1) is 0 Å². The number of non-ortho nitro benzene ring substituents is 1. The fourth-order valence-corrected chi connectivity index (χ4v) is 1.96. The number of rotatable bonds is 4. The largest absolute Gasteiger partial charge is 0.377 e. The molecule has 0 aliphatic heterocycles. The summed E-state index contributed by atoms with van der Waals surface area (Å²) in [5.41, 5.74) is 1.22. The van der Waals surface area contributed by atoms with Crippen LogP contribution in [0.5, 0.6) is 0 Å². The molecule has 106 valence electrons. The number of nitro benzene ring substituents is 1. The molecule has 2 aromatic rings. The summed E-state index contributed by atoms with van der Waals surface area (Å²) >= 11 is 0. The van der Waals surface area contributed by atoms with Gasteiger partial charge in [-0.25, -0.2) is 4.39 Å². The Kier molecular flexibility index (Phi) is 4.14. The molecular weight excluding hydrogens is 273 g/mol. The lowest BCUT2D eigenvalue weighted by atomic mass is 10.1. The second kappa shape index (κ2) is 6.01. The SMILES string of the molecule is CC(Nc1ccc([N+](=O)[O-])cc1C#N)c1cccc(F)c1. The van der Waals surface area contributed by atoms with Gasteiger partial charge in [0.15, 0.2) is 0 Å². The lowest BCUT2D eigenvalue weighted by Gasteiger charge is -2.16. The standard InChI is InChI=1S/C15H12FN3O2/c1-10(11-3-2-4-13(16)7-11)18-15-6-5-14(19(20)21)8-12(15)9-17/h2-8,10,18H,1H3. The van der Waals surface area contributed by atoms with E-state index in [0.29, 0.717) is 5.69 Å². The number of nitrogens with zero attached hydrogens (tertiary/aromatic N) is 2. The highest BCUT2D eigenvalue weighted by molar-refractivity contribution is 5.62. The van der Waals surface area contributed by atoms with E-state index in [1.807, 2.05) is 13.0 Å². The van der Waals surface area contributed by atoms with Crippen molar-refractivity contribution >= 4 is 11.4 Å². The number of benzene rings is 2. The monoisotopic (exact) mass is 285 g/mol. The predicted octanol–water partition coefficient (Wildman–Crippen LogP) is 3.78. The lowest BCUT2D eigenvalue weighted by Crippen LogP contribution is -2.08. The van der Waals surface area contributed by atoms with E-state index in [-0.39, 0.29) is 23.1 Å². The zero-order valence-electron chi connectivity index (χ0n) is 11.2. The molecule has 0 spiro atoms. The first kappa shape index (κ1) is 14.5. The van der Waals surface area contributed by atoms with Crippen molar-refractivity contribution in [3.8, 4) is 6.07 Å². The van der Waals surface area contributed by atoms with Crippen LogP contribution in [0, 0.1) is 27.3 Å². The summed E-state index contributed by atoms with van der Waals surface area (Å²) in [5.74, 6) is -0.342. The van der Waals surface area contributed by atoms with Crippen LogP contribution in [-0.4, -0.2) is 4.92 Å². The van der Waals surface area contributed by atoms with Gasteiger partial charge in [0.1, 0.15) is 11.9 Å². The van der Waals surface area contributed by atoms with Crippen LogP contribution in [0.1, 0.15) is 24.1 Å². The minimum Gasteiger partial charge on any atom is -0.377 e. The predicted molar refractivity (Wildman–Crippen MR) is 76.2 cm³/mol. The maximum atomic E-state index is 13.2. The summed E-state index contributed by atoms with van der Waals surface area (Å²) in [6.45, 7) is 1.82. The zero-order chi connectivity index (χ0) is 15.4. The Morgan fingerprint density at radius 3 is 2.71 bits per heavy atom. The highest BCUT2D eigenvalue weighted by atomic mass is 19.1. The van der Waals surface area contributed by atoms with Crippen molar-refractivity contribution < 1.29 is 9.31 Å². The Bertz CT molecular complexity index is 725. The van der Waals surface area contributed by atoms with Crippen LogP contribution >= 0.6 is 0 Å². The summed E-state index contributed by atoms with van der Waals surface area (Å²) in [6.07, 6.45) is 0. The average Bonchev–Trinajstić information content (AvgIpc) is 2.47. The van der Waals surface area contributed by atoms with E-state index >= 15 is 0 Å². The van der Waals surface area contributed by atoms with Crippen molar-refractivity contribution in [2.24, 2.45) is 0 Å². The van der Waals surface area contributed by atoms with Gasteiger partial charge >= 0.3 is 0 Å². The maximum Gasteiger partial charge on any atom is 0.270 e. The molecule has 21 heavy (non-hydrogen) atoms. The van der Waals surface area contributed by atoms with Crippen LogP contribution in [0.3, 0.4) is 0 Å². The topological polar surface area (TPSA) is 79.0 Å². The van der Waals surface area contributed by atoms with Crippen LogP contribution in [0.25, 0.3) is 0 Å². The van der Waals surface area contributed by atoms with Crippen LogP contribution < -0.4 is 5.32 Å². The minimum atomic E-state index is -0.555. The number of hydrogen-bond donors (Lipinski definition) is 1. The summed E-state index contributed by atoms with van der Waals surface area (Å²) < 4.78 is 13.2. The zero-order valence-corrected chi connectivity index (χ0v) is 11.2. The van der Waals surface area contributed by atoms with Gasteiger partial charge in [-0.05, 0) is 30.7 Å².